The minimum Gasteiger partial charge on any atom is -0.377 e. The van der Waals surface area contributed by atoms with Crippen molar-refractivity contribution in [3.63, 3.8) is 0 Å². The summed E-state index contributed by atoms with van der Waals surface area (Å²) in [6, 6.07) is 8.30. The van der Waals surface area contributed by atoms with Crippen LogP contribution in [0.4, 0.5) is 15.8 Å². The number of nitrogens with one attached hydrogen (secondary N) is 1. The fourth-order valence-electron chi connectivity index (χ4n) is 2.54. The standard InChI is InChI=1S/C21H26FN3O/c1-6-25(5)13-24-19-10-15(3)18(9-16(19)4)21(26)12-23-20-11-17(22)8-7-14(20)2/h7-11,13,23H,6,12H2,1-5H3/b24-13+. The third-order valence-electron chi connectivity index (χ3n) is 4.38. The fourth-order valence-corrected chi connectivity index (χ4v) is 2.54. The largest absolute Gasteiger partial charge is 0.377 e. The van der Waals surface area contributed by atoms with Gasteiger partial charge in [0.25, 0.3) is 0 Å². The summed E-state index contributed by atoms with van der Waals surface area (Å²) in [6.45, 7) is 8.78. The first-order valence-corrected chi connectivity index (χ1v) is 8.70. The normalized spacial score (nSPS) is 11.0. The van der Waals surface area contributed by atoms with E-state index < -0.39 is 0 Å². The van der Waals surface area contributed by atoms with Gasteiger partial charge in [-0.25, -0.2) is 9.38 Å². The molecule has 2 rings (SSSR count). The van der Waals surface area contributed by atoms with Crippen molar-refractivity contribution in [3.05, 3.63) is 58.4 Å². The van der Waals surface area contributed by atoms with Crippen LogP contribution in [0.1, 0.15) is 34.0 Å². The van der Waals surface area contributed by atoms with E-state index in [2.05, 4.69) is 17.2 Å². The van der Waals surface area contributed by atoms with E-state index in [1.54, 1.807) is 12.4 Å². The van der Waals surface area contributed by atoms with E-state index in [1.165, 1.54) is 12.1 Å². The zero-order chi connectivity index (χ0) is 19.3. The second kappa shape index (κ2) is 8.61. The van der Waals surface area contributed by atoms with E-state index in [-0.39, 0.29) is 18.1 Å². The molecule has 0 spiro atoms. The highest BCUT2D eigenvalue weighted by molar-refractivity contribution is 6.00. The lowest BCUT2D eigenvalue weighted by molar-refractivity contribution is 0.101. The molecule has 1 N–H and O–H groups in total. The van der Waals surface area contributed by atoms with Gasteiger partial charge in [-0.15, -0.1) is 0 Å². The Morgan fingerprint density at radius 3 is 2.58 bits per heavy atom. The van der Waals surface area contributed by atoms with Crippen molar-refractivity contribution < 1.29 is 9.18 Å². The molecule has 0 bridgehead atoms. The average molecular weight is 355 g/mol. The molecule has 0 aromatic heterocycles. The maximum atomic E-state index is 13.4. The minimum absolute atomic E-state index is 0.0320. The van der Waals surface area contributed by atoms with Gasteiger partial charge in [0.2, 0.25) is 0 Å². The predicted octanol–water partition coefficient (Wildman–Crippen LogP) is 4.66. The van der Waals surface area contributed by atoms with Crippen LogP contribution in [0.2, 0.25) is 0 Å². The van der Waals surface area contributed by atoms with E-state index >= 15 is 0 Å². The van der Waals surface area contributed by atoms with Crippen LogP contribution in [0.5, 0.6) is 0 Å². The number of nitrogens with zero attached hydrogens (tertiary/aromatic N) is 2. The van der Waals surface area contributed by atoms with Gasteiger partial charge in [-0.2, -0.15) is 0 Å². The van der Waals surface area contributed by atoms with Gasteiger partial charge in [0.15, 0.2) is 5.78 Å². The molecule has 26 heavy (non-hydrogen) atoms. The second-order valence-electron chi connectivity index (χ2n) is 6.51. The van der Waals surface area contributed by atoms with Crippen LogP contribution in [0.25, 0.3) is 0 Å². The molecular weight excluding hydrogens is 329 g/mol. The third kappa shape index (κ3) is 4.91. The summed E-state index contributed by atoms with van der Waals surface area (Å²) >= 11 is 0. The molecule has 2 aromatic carbocycles. The van der Waals surface area contributed by atoms with Crippen LogP contribution in [0, 0.1) is 26.6 Å². The summed E-state index contributed by atoms with van der Waals surface area (Å²) in [5.41, 5.74) is 4.87. The van der Waals surface area contributed by atoms with E-state index in [1.807, 2.05) is 44.9 Å². The van der Waals surface area contributed by atoms with Gasteiger partial charge in [0.1, 0.15) is 5.82 Å². The molecule has 0 aliphatic heterocycles. The zero-order valence-electron chi connectivity index (χ0n) is 16.1. The predicted molar refractivity (Wildman–Crippen MR) is 106 cm³/mol. The first-order chi connectivity index (χ1) is 12.3. The van der Waals surface area contributed by atoms with Crippen molar-refractivity contribution in [3.8, 4) is 0 Å². The minimum atomic E-state index is -0.322. The number of anilines is 1. The molecule has 5 heteroatoms. The van der Waals surface area contributed by atoms with E-state index in [0.29, 0.717) is 11.3 Å². The SMILES string of the molecule is CCN(C)/C=N/c1cc(C)c(C(=O)CNc2cc(F)ccc2C)cc1C. The molecule has 0 heterocycles. The average Bonchev–Trinajstić information content (AvgIpc) is 2.62. The Morgan fingerprint density at radius 1 is 1.15 bits per heavy atom. The quantitative estimate of drug-likeness (QED) is 0.446. The van der Waals surface area contributed by atoms with Crippen LogP contribution in [-0.2, 0) is 0 Å². The van der Waals surface area contributed by atoms with Crippen molar-refractivity contribution in [2.24, 2.45) is 4.99 Å². The van der Waals surface area contributed by atoms with Crippen molar-refractivity contribution in [1.29, 1.82) is 0 Å². The summed E-state index contributed by atoms with van der Waals surface area (Å²) in [7, 11) is 1.96. The Kier molecular flexibility index (Phi) is 6.50. The summed E-state index contributed by atoms with van der Waals surface area (Å²) < 4.78 is 13.4. The first kappa shape index (κ1) is 19.6. The highest BCUT2D eigenvalue weighted by atomic mass is 19.1. The number of carbonyl (C=O) groups is 1. The molecule has 0 saturated carbocycles. The molecule has 0 atom stereocenters. The number of Topliss-reactive ketones (excluding diaryl/α,β-unsaturated/α-hetero) is 1. The summed E-state index contributed by atoms with van der Waals surface area (Å²) in [5, 5.41) is 3.04. The highest BCUT2D eigenvalue weighted by Gasteiger charge is 2.12. The maximum Gasteiger partial charge on any atom is 0.182 e. The van der Waals surface area contributed by atoms with Crippen LogP contribution < -0.4 is 5.32 Å². The van der Waals surface area contributed by atoms with Gasteiger partial charge in [-0.1, -0.05) is 6.07 Å². The van der Waals surface area contributed by atoms with Gasteiger partial charge in [0, 0.05) is 24.8 Å². The van der Waals surface area contributed by atoms with Crippen molar-refractivity contribution >= 4 is 23.5 Å². The summed E-state index contributed by atoms with van der Waals surface area (Å²) in [4.78, 5) is 19.1. The highest BCUT2D eigenvalue weighted by Crippen LogP contribution is 2.24. The maximum absolute atomic E-state index is 13.4. The molecule has 0 aliphatic carbocycles. The number of hydrogen-bond acceptors (Lipinski definition) is 3. The number of ketones is 1. The lowest BCUT2D eigenvalue weighted by atomic mass is 10.00. The number of hydrogen-bond donors (Lipinski definition) is 1. The van der Waals surface area contributed by atoms with Crippen molar-refractivity contribution in [2.75, 3.05) is 25.5 Å². The summed E-state index contributed by atoms with van der Waals surface area (Å²) in [5.74, 6) is -0.354. The molecule has 4 nitrogen and oxygen atoms in total. The van der Waals surface area contributed by atoms with E-state index in [0.717, 1.165) is 28.9 Å². The molecular formula is C21H26FN3O. The Labute approximate surface area is 154 Å². The molecule has 0 fully saturated rings. The first-order valence-electron chi connectivity index (χ1n) is 8.70. The Balaban J connectivity index is 2.15. The van der Waals surface area contributed by atoms with Gasteiger partial charge in [0.05, 0.1) is 18.6 Å². The molecule has 138 valence electrons. The summed E-state index contributed by atoms with van der Waals surface area (Å²) in [6.07, 6.45) is 1.79. The lowest BCUT2D eigenvalue weighted by Gasteiger charge is -2.13. The number of rotatable bonds is 7. The monoisotopic (exact) mass is 355 g/mol. The van der Waals surface area contributed by atoms with Gasteiger partial charge < -0.3 is 10.2 Å². The van der Waals surface area contributed by atoms with Gasteiger partial charge >= 0.3 is 0 Å². The number of carbonyl (C=O) groups excluding carboxylic acids is 1. The van der Waals surface area contributed by atoms with Gasteiger partial charge in [-0.3, -0.25) is 4.79 Å². The number of aryl methyl sites for hydroxylation is 3. The zero-order valence-corrected chi connectivity index (χ0v) is 16.1. The topological polar surface area (TPSA) is 44.7 Å². The Hall–Kier alpha value is -2.69. The van der Waals surface area contributed by atoms with Gasteiger partial charge in [-0.05, 0) is 68.7 Å². The van der Waals surface area contributed by atoms with Crippen molar-refractivity contribution in [2.45, 2.75) is 27.7 Å². The lowest BCUT2D eigenvalue weighted by Crippen LogP contribution is -2.16. The molecule has 0 amide bonds. The number of benzene rings is 2. The Bertz CT molecular complexity index is 830. The fraction of sp³-hybridized carbons (Fsp3) is 0.333. The van der Waals surface area contributed by atoms with E-state index in [4.69, 9.17) is 0 Å². The van der Waals surface area contributed by atoms with Crippen LogP contribution >= 0.6 is 0 Å². The van der Waals surface area contributed by atoms with Crippen LogP contribution in [-0.4, -0.2) is 37.2 Å². The molecule has 2 aromatic rings. The molecule has 0 aliphatic rings. The van der Waals surface area contributed by atoms with E-state index in [9.17, 15) is 9.18 Å². The van der Waals surface area contributed by atoms with Crippen molar-refractivity contribution in [1.82, 2.24) is 4.90 Å². The number of halogens is 1. The Morgan fingerprint density at radius 2 is 1.88 bits per heavy atom. The number of aliphatic imine (C=N–C) groups is 1. The smallest absolute Gasteiger partial charge is 0.182 e. The molecule has 0 unspecified atom stereocenters. The second-order valence-corrected chi connectivity index (χ2v) is 6.51. The van der Waals surface area contributed by atoms with Crippen LogP contribution in [0.3, 0.4) is 0 Å². The molecule has 0 saturated heterocycles. The third-order valence-corrected chi connectivity index (χ3v) is 4.38. The molecule has 0 radical (unpaired) electrons. The van der Waals surface area contributed by atoms with Crippen LogP contribution in [0.15, 0.2) is 35.3 Å².